The minimum atomic E-state index is 0.436. The fraction of sp³-hybridized carbons (Fsp3) is 0.333. The summed E-state index contributed by atoms with van der Waals surface area (Å²) in [5, 5.41) is 3.35. The van der Waals surface area contributed by atoms with Crippen molar-refractivity contribution in [3.8, 4) is 11.5 Å². The van der Waals surface area contributed by atoms with Crippen molar-refractivity contribution in [3.63, 3.8) is 0 Å². The average molecular weight is 348 g/mol. The van der Waals surface area contributed by atoms with Crippen LogP contribution in [0.2, 0.25) is 0 Å². The van der Waals surface area contributed by atoms with Gasteiger partial charge in [0.25, 0.3) is 0 Å². The molecule has 21 heavy (non-hydrogen) atoms. The lowest BCUT2D eigenvalue weighted by atomic mass is 10.0. The summed E-state index contributed by atoms with van der Waals surface area (Å²) in [4.78, 5) is 0. The molecule has 0 radical (unpaired) electrons. The smallest absolute Gasteiger partial charge is 0.133 e. The molecule has 1 N–H and O–H groups in total. The van der Waals surface area contributed by atoms with Crippen LogP contribution in [0.25, 0.3) is 0 Å². The highest BCUT2D eigenvalue weighted by Crippen LogP contribution is 2.33. The first-order chi connectivity index (χ1) is 10.1. The van der Waals surface area contributed by atoms with E-state index in [0.29, 0.717) is 5.92 Å². The Kier molecular flexibility index (Phi) is 5.83. The largest absolute Gasteiger partial charge is 0.457 e. The van der Waals surface area contributed by atoms with Crippen LogP contribution in [0.1, 0.15) is 37.8 Å². The van der Waals surface area contributed by atoms with E-state index in [-0.39, 0.29) is 0 Å². The van der Waals surface area contributed by atoms with E-state index in [2.05, 4.69) is 60.2 Å². The third kappa shape index (κ3) is 4.32. The van der Waals surface area contributed by atoms with Gasteiger partial charge in [-0.05, 0) is 36.2 Å². The van der Waals surface area contributed by atoms with Gasteiger partial charge in [0.1, 0.15) is 11.5 Å². The van der Waals surface area contributed by atoms with Crippen LogP contribution in [0.3, 0.4) is 0 Å². The third-order valence-electron chi connectivity index (χ3n) is 3.36. The highest BCUT2D eigenvalue weighted by atomic mass is 79.9. The fourth-order valence-electron chi connectivity index (χ4n) is 2.20. The number of nitrogens with one attached hydrogen (secondary N) is 1. The highest BCUT2D eigenvalue weighted by Gasteiger charge is 2.11. The Hall–Kier alpha value is -1.32. The van der Waals surface area contributed by atoms with E-state index in [0.717, 1.165) is 29.1 Å². The molecule has 0 aliphatic heterocycles. The van der Waals surface area contributed by atoms with E-state index in [1.165, 1.54) is 11.1 Å². The minimum Gasteiger partial charge on any atom is -0.457 e. The average Bonchev–Trinajstić information content (AvgIpc) is 2.47. The third-order valence-corrected chi connectivity index (χ3v) is 3.85. The van der Waals surface area contributed by atoms with E-state index < -0.39 is 0 Å². The first kappa shape index (κ1) is 16.1. The van der Waals surface area contributed by atoms with Gasteiger partial charge in [0.2, 0.25) is 0 Å². The standard InChI is InChI=1S/C18H22BrNO/c1-4-20-12-14-9-10-15(19)11-18(14)21-17-8-6-5-7-16(17)13(2)3/h5-11,13,20H,4,12H2,1-3H3. The summed E-state index contributed by atoms with van der Waals surface area (Å²) in [7, 11) is 0. The molecule has 0 spiro atoms. The molecule has 0 saturated heterocycles. The number of hydrogen-bond acceptors (Lipinski definition) is 2. The van der Waals surface area contributed by atoms with Crippen LogP contribution in [-0.4, -0.2) is 6.54 Å². The Morgan fingerprint density at radius 2 is 1.86 bits per heavy atom. The summed E-state index contributed by atoms with van der Waals surface area (Å²) in [6.07, 6.45) is 0. The Morgan fingerprint density at radius 1 is 1.10 bits per heavy atom. The Bertz CT molecular complexity index is 596. The summed E-state index contributed by atoms with van der Waals surface area (Å²) >= 11 is 3.52. The molecule has 0 unspecified atom stereocenters. The van der Waals surface area contributed by atoms with Gasteiger partial charge in [-0.25, -0.2) is 0 Å². The van der Waals surface area contributed by atoms with Gasteiger partial charge in [-0.3, -0.25) is 0 Å². The van der Waals surface area contributed by atoms with Crippen LogP contribution in [0, 0.1) is 0 Å². The van der Waals surface area contributed by atoms with E-state index in [1.54, 1.807) is 0 Å². The molecule has 0 saturated carbocycles. The maximum Gasteiger partial charge on any atom is 0.133 e. The molecular weight excluding hydrogens is 326 g/mol. The maximum atomic E-state index is 6.21. The Labute approximate surface area is 135 Å². The van der Waals surface area contributed by atoms with Crippen molar-refractivity contribution in [1.82, 2.24) is 5.32 Å². The van der Waals surface area contributed by atoms with Gasteiger partial charge in [-0.1, -0.05) is 61.0 Å². The molecule has 0 aliphatic carbocycles. The van der Waals surface area contributed by atoms with Crippen molar-refractivity contribution < 1.29 is 4.74 Å². The quantitative estimate of drug-likeness (QED) is 0.747. The SMILES string of the molecule is CCNCc1ccc(Br)cc1Oc1ccccc1C(C)C. The van der Waals surface area contributed by atoms with Gasteiger partial charge in [0.05, 0.1) is 0 Å². The summed E-state index contributed by atoms with van der Waals surface area (Å²) in [5.74, 6) is 2.27. The molecule has 0 amide bonds. The summed E-state index contributed by atoms with van der Waals surface area (Å²) in [6.45, 7) is 8.22. The Balaban J connectivity index is 2.32. The first-order valence-corrected chi connectivity index (χ1v) is 8.17. The van der Waals surface area contributed by atoms with Crippen LogP contribution in [0.5, 0.6) is 11.5 Å². The van der Waals surface area contributed by atoms with Crippen LogP contribution in [-0.2, 0) is 6.54 Å². The second kappa shape index (κ2) is 7.62. The predicted molar refractivity (Wildman–Crippen MR) is 92.1 cm³/mol. The molecule has 2 nitrogen and oxygen atoms in total. The van der Waals surface area contributed by atoms with Gasteiger partial charge < -0.3 is 10.1 Å². The molecule has 0 fully saturated rings. The lowest BCUT2D eigenvalue weighted by molar-refractivity contribution is 0.464. The minimum absolute atomic E-state index is 0.436. The highest BCUT2D eigenvalue weighted by molar-refractivity contribution is 9.10. The molecule has 2 aromatic rings. The molecule has 112 valence electrons. The van der Waals surface area contributed by atoms with Gasteiger partial charge in [0.15, 0.2) is 0 Å². The van der Waals surface area contributed by atoms with E-state index in [1.807, 2.05) is 24.3 Å². The molecule has 0 aliphatic rings. The lowest BCUT2D eigenvalue weighted by Gasteiger charge is -2.16. The van der Waals surface area contributed by atoms with Gasteiger partial charge in [-0.15, -0.1) is 0 Å². The number of hydrogen-bond donors (Lipinski definition) is 1. The number of para-hydroxylation sites is 1. The zero-order valence-electron chi connectivity index (χ0n) is 12.8. The van der Waals surface area contributed by atoms with Crippen molar-refractivity contribution in [2.45, 2.75) is 33.2 Å². The van der Waals surface area contributed by atoms with Crippen molar-refractivity contribution in [2.75, 3.05) is 6.54 Å². The van der Waals surface area contributed by atoms with Crippen molar-refractivity contribution in [2.24, 2.45) is 0 Å². The van der Waals surface area contributed by atoms with Gasteiger partial charge in [-0.2, -0.15) is 0 Å². The molecule has 0 atom stereocenters. The van der Waals surface area contributed by atoms with Crippen molar-refractivity contribution >= 4 is 15.9 Å². The predicted octanol–water partition coefficient (Wildman–Crippen LogP) is 5.47. The van der Waals surface area contributed by atoms with Gasteiger partial charge >= 0.3 is 0 Å². The zero-order valence-corrected chi connectivity index (χ0v) is 14.4. The molecule has 2 rings (SSSR count). The molecule has 0 heterocycles. The Morgan fingerprint density at radius 3 is 2.57 bits per heavy atom. The molecule has 3 heteroatoms. The van der Waals surface area contributed by atoms with E-state index in [9.17, 15) is 0 Å². The topological polar surface area (TPSA) is 21.3 Å². The zero-order chi connectivity index (χ0) is 15.2. The second-order valence-corrected chi connectivity index (χ2v) is 6.24. The lowest BCUT2D eigenvalue weighted by Crippen LogP contribution is -2.12. The van der Waals surface area contributed by atoms with Crippen LogP contribution < -0.4 is 10.1 Å². The molecule has 0 bridgehead atoms. The van der Waals surface area contributed by atoms with Crippen LogP contribution >= 0.6 is 15.9 Å². The normalized spacial score (nSPS) is 10.9. The van der Waals surface area contributed by atoms with Crippen LogP contribution in [0.15, 0.2) is 46.9 Å². The van der Waals surface area contributed by atoms with Crippen molar-refractivity contribution in [3.05, 3.63) is 58.1 Å². The number of ether oxygens (including phenoxy) is 1. The number of rotatable bonds is 6. The maximum absolute atomic E-state index is 6.21. The number of halogens is 1. The molecule has 0 aromatic heterocycles. The fourth-order valence-corrected chi connectivity index (χ4v) is 2.54. The summed E-state index contributed by atoms with van der Waals surface area (Å²) in [6, 6.07) is 14.4. The molecular formula is C18H22BrNO. The van der Waals surface area contributed by atoms with E-state index >= 15 is 0 Å². The van der Waals surface area contributed by atoms with Crippen molar-refractivity contribution in [1.29, 1.82) is 0 Å². The first-order valence-electron chi connectivity index (χ1n) is 7.37. The monoisotopic (exact) mass is 347 g/mol. The van der Waals surface area contributed by atoms with Crippen LogP contribution in [0.4, 0.5) is 0 Å². The van der Waals surface area contributed by atoms with Gasteiger partial charge in [0, 0.05) is 16.6 Å². The van der Waals surface area contributed by atoms with E-state index in [4.69, 9.17) is 4.74 Å². The summed E-state index contributed by atoms with van der Waals surface area (Å²) < 4.78 is 7.24. The molecule has 2 aromatic carbocycles. The number of benzene rings is 2. The summed E-state index contributed by atoms with van der Waals surface area (Å²) in [5.41, 5.74) is 2.39. The second-order valence-electron chi connectivity index (χ2n) is 5.33.